The summed E-state index contributed by atoms with van der Waals surface area (Å²) in [6.45, 7) is 0. The largest absolute Gasteiger partial charge is 0.496 e. The van der Waals surface area contributed by atoms with Crippen LogP contribution < -0.4 is 4.74 Å². The van der Waals surface area contributed by atoms with Crippen LogP contribution >= 0.6 is 23.2 Å². The molecular weight excluding hydrogens is 318 g/mol. The molecule has 0 amide bonds. The fourth-order valence-electron chi connectivity index (χ4n) is 2.00. The first-order valence-electron chi connectivity index (χ1n) is 5.96. The van der Waals surface area contributed by atoms with E-state index in [1.54, 1.807) is 6.07 Å². The van der Waals surface area contributed by atoms with E-state index in [2.05, 4.69) is 0 Å². The van der Waals surface area contributed by atoms with Crippen LogP contribution in [0, 0.1) is 5.82 Å². The molecule has 0 fully saturated rings. The molecule has 0 saturated heterocycles. The lowest BCUT2D eigenvalue weighted by Gasteiger charge is -2.11. The molecule has 0 aromatic heterocycles. The Bertz CT molecular complexity index is 702. The van der Waals surface area contributed by atoms with Gasteiger partial charge in [0.25, 0.3) is 0 Å². The van der Waals surface area contributed by atoms with Gasteiger partial charge in [-0.05, 0) is 29.3 Å². The van der Waals surface area contributed by atoms with Gasteiger partial charge in [-0.3, -0.25) is 0 Å². The first-order valence-corrected chi connectivity index (χ1v) is 6.71. The van der Waals surface area contributed by atoms with Crippen molar-refractivity contribution < 1.29 is 19.0 Å². The van der Waals surface area contributed by atoms with Gasteiger partial charge >= 0.3 is 5.97 Å². The molecule has 0 aliphatic heterocycles. The standard InChI is InChI=1S/C15H11Cl2FO3/c1-21-14-6-10(18)3-2-8(14)4-9-5-12(16)13(17)7-11(9)15(19)20/h2-3,5-7H,4H2,1H3,(H,19,20). The quantitative estimate of drug-likeness (QED) is 0.903. The van der Waals surface area contributed by atoms with E-state index in [1.807, 2.05) is 0 Å². The Kier molecular flexibility index (Phi) is 4.70. The molecule has 0 unspecified atom stereocenters. The maximum absolute atomic E-state index is 13.2. The predicted octanol–water partition coefficient (Wildman–Crippen LogP) is 4.43. The molecule has 0 aliphatic carbocycles. The molecular formula is C15H11Cl2FO3. The third-order valence-corrected chi connectivity index (χ3v) is 3.73. The number of benzene rings is 2. The molecule has 0 radical (unpaired) electrons. The molecule has 1 N–H and O–H groups in total. The summed E-state index contributed by atoms with van der Waals surface area (Å²) in [4.78, 5) is 11.3. The van der Waals surface area contributed by atoms with E-state index in [9.17, 15) is 14.3 Å². The second-order valence-electron chi connectivity index (χ2n) is 4.36. The highest BCUT2D eigenvalue weighted by Gasteiger charge is 2.15. The summed E-state index contributed by atoms with van der Waals surface area (Å²) >= 11 is 11.8. The topological polar surface area (TPSA) is 46.5 Å². The summed E-state index contributed by atoms with van der Waals surface area (Å²) in [7, 11) is 1.42. The molecule has 110 valence electrons. The lowest BCUT2D eigenvalue weighted by atomic mass is 9.99. The molecule has 3 nitrogen and oxygen atoms in total. The van der Waals surface area contributed by atoms with Gasteiger partial charge in [0.2, 0.25) is 0 Å². The number of rotatable bonds is 4. The molecule has 0 aliphatic rings. The lowest BCUT2D eigenvalue weighted by Crippen LogP contribution is -2.04. The van der Waals surface area contributed by atoms with Gasteiger partial charge in [0.1, 0.15) is 11.6 Å². The molecule has 2 aromatic rings. The Morgan fingerprint density at radius 2 is 1.86 bits per heavy atom. The highest BCUT2D eigenvalue weighted by Crippen LogP contribution is 2.30. The van der Waals surface area contributed by atoms with E-state index >= 15 is 0 Å². The van der Waals surface area contributed by atoms with Gasteiger partial charge in [0.05, 0.1) is 22.7 Å². The summed E-state index contributed by atoms with van der Waals surface area (Å²) in [5.41, 5.74) is 1.18. The Morgan fingerprint density at radius 3 is 2.48 bits per heavy atom. The lowest BCUT2D eigenvalue weighted by molar-refractivity contribution is 0.0696. The van der Waals surface area contributed by atoms with Crippen LogP contribution in [0.2, 0.25) is 10.0 Å². The number of ether oxygens (including phenoxy) is 1. The van der Waals surface area contributed by atoms with E-state index < -0.39 is 11.8 Å². The van der Waals surface area contributed by atoms with Crippen molar-refractivity contribution in [2.75, 3.05) is 7.11 Å². The second kappa shape index (κ2) is 6.33. The molecule has 2 aromatic carbocycles. The number of carboxylic acids is 1. The molecule has 0 bridgehead atoms. The van der Waals surface area contributed by atoms with Crippen LogP contribution in [0.15, 0.2) is 30.3 Å². The van der Waals surface area contributed by atoms with E-state index in [1.165, 1.54) is 31.4 Å². The smallest absolute Gasteiger partial charge is 0.336 e. The van der Waals surface area contributed by atoms with Gasteiger partial charge in [0.15, 0.2) is 0 Å². The fraction of sp³-hybridized carbons (Fsp3) is 0.133. The van der Waals surface area contributed by atoms with Gasteiger partial charge in [-0.2, -0.15) is 0 Å². The second-order valence-corrected chi connectivity index (χ2v) is 5.18. The molecule has 0 atom stereocenters. The predicted molar refractivity (Wildman–Crippen MR) is 79.2 cm³/mol. The number of hydrogen-bond donors (Lipinski definition) is 1. The third kappa shape index (κ3) is 3.46. The zero-order valence-corrected chi connectivity index (χ0v) is 12.5. The number of halogens is 3. The molecule has 2 rings (SSSR count). The van der Waals surface area contributed by atoms with E-state index in [-0.39, 0.29) is 22.0 Å². The average molecular weight is 329 g/mol. The number of hydrogen-bond acceptors (Lipinski definition) is 2. The minimum atomic E-state index is -1.11. The number of carboxylic acid groups (broad SMARTS) is 1. The van der Waals surface area contributed by atoms with Crippen LogP contribution in [-0.4, -0.2) is 18.2 Å². The summed E-state index contributed by atoms with van der Waals surface area (Å²) in [5, 5.41) is 9.67. The molecule has 0 saturated carbocycles. The van der Waals surface area contributed by atoms with Crippen LogP contribution in [-0.2, 0) is 6.42 Å². The van der Waals surface area contributed by atoms with Crippen LogP contribution in [0.3, 0.4) is 0 Å². The van der Waals surface area contributed by atoms with Crippen LogP contribution in [0.1, 0.15) is 21.5 Å². The maximum Gasteiger partial charge on any atom is 0.336 e. The van der Waals surface area contributed by atoms with Gasteiger partial charge < -0.3 is 9.84 Å². The molecule has 6 heteroatoms. The molecule has 21 heavy (non-hydrogen) atoms. The van der Waals surface area contributed by atoms with Crippen molar-refractivity contribution in [1.29, 1.82) is 0 Å². The van der Waals surface area contributed by atoms with Crippen LogP contribution in [0.5, 0.6) is 5.75 Å². The van der Waals surface area contributed by atoms with Gasteiger partial charge in [0, 0.05) is 12.5 Å². The van der Waals surface area contributed by atoms with Crippen molar-refractivity contribution in [3.63, 3.8) is 0 Å². The number of methoxy groups -OCH3 is 1. The zero-order chi connectivity index (χ0) is 15.6. The minimum Gasteiger partial charge on any atom is -0.496 e. The maximum atomic E-state index is 13.2. The molecule has 0 heterocycles. The van der Waals surface area contributed by atoms with Crippen molar-refractivity contribution in [3.8, 4) is 5.75 Å². The SMILES string of the molecule is COc1cc(F)ccc1Cc1cc(Cl)c(Cl)cc1C(=O)O. The summed E-state index contributed by atoms with van der Waals surface area (Å²) in [5.74, 6) is -1.19. The highest BCUT2D eigenvalue weighted by molar-refractivity contribution is 6.42. The average Bonchev–Trinajstić information content (AvgIpc) is 2.44. The van der Waals surface area contributed by atoms with Gasteiger partial charge in [-0.1, -0.05) is 29.3 Å². The fourth-order valence-corrected chi connectivity index (χ4v) is 2.35. The van der Waals surface area contributed by atoms with Gasteiger partial charge in [-0.25, -0.2) is 9.18 Å². The van der Waals surface area contributed by atoms with Crippen molar-refractivity contribution in [1.82, 2.24) is 0 Å². The monoisotopic (exact) mass is 328 g/mol. The third-order valence-electron chi connectivity index (χ3n) is 3.01. The summed E-state index contributed by atoms with van der Waals surface area (Å²) in [6, 6.07) is 6.87. The van der Waals surface area contributed by atoms with Crippen LogP contribution in [0.25, 0.3) is 0 Å². The minimum absolute atomic E-state index is 0.0516. The normalized spacial score (nSPS) is 10.5. The first kappa shape index (κ1) is 15.6. The van der Waals surface area contributed by atoms with Crippen molar-refractivity contribution >= 4 is 29.2 Å². The Labute approximate surface area is 130 Å². The zero-order valence-electron chi connectivity index (χ0n) is 11.0. The van der Waals surface area contributed by atoms with E-state index in [0.717, 1.165) is 0 Å². The number of carbonyl (C=O) groups is 1. The Hall–Kier alpha value is -1.78. The van der Waals surface area contributed by atoms with Crippen molar-refractivity contribution in [2.24, 2.45) is 0 Å². The first-order chi connectivity index (χ1) is 9.92. The van der Waals surface area contributed by atoms with Crippen LogP contribution in [0.4, 0.5) is 4.39 Å². The van der Waals surface area contributed by atoms with E-state index in [0.29, 0.717) is 16.9 Å². The summed E-state index contributed by atoms with van der Waals surface area (Å²) < 4.78 is 18.3. The Balaban J connectivity index is 2.48. The Morgan fingerprint density at radius 1 is 1.19 bits per heavy atom. The molecule has 0 spiro atoms. The van der Waals surface area contributed by atoms with Gasteiger partial charge in [-0.15, -0.1) is 0 Å². The van der Waals surface area contributed by atoms with Crippen molar-refractivity contribution in [3.05, 3.63) is 62.9 Å². The number of aromatic carboxylic acids is 1. The van der Waals surface area contributed by atoms with E-state index in [4.69, 9.17) is 27.9 Å². The highest BCUT2D eigenvalue weighted by atomic mass is 35.5. The summed E-state index contributed by atoms with van der Waals surface area (Å²) in [6.07, 6.45) is 0.238. The van der Waals surface area contributed by atoms with Crippen molar-refractivity contribution in [2.45, 2.75) is 6.42 Å².